The first-order valence-electron chi connectivity index (χ1n) is 3.04. The number of hydrogen-bond acceptors (Lipinski definition) is 4. The van der Waals surface area contributed by atoms with E-state index in [1.165, 1.54) is 0 Å². The third-order valence-electron chi connectivity index (χ3n) is 1.38. The van der Waals surface area contributed by atoms with Crippen LogP contribution in [-0.2, 0) is 14.3 Å². The topological polar surface area (TPSA) is 63.6 Å². The van der Waals surface area contributed by atoms with E-state index in [-0.39, 0.29) is 12.2 Å². The third kappa shape index (κ3) is 2.24. The van der Waals surface area contributed by atoms with E-state index in [1.807, 2.05) is 0 Å². The van der Waals surface area contributed by atoms with Crippen LogP contribution in [0.2, 0.25) is 0 Å². The van der Waals surface area contributed by atoms with E-state index >= 15 is 0 Å². The minimum atomic E-state index is -3.32. The van der Waals surface area contributed by atoms with E-state index < -0.39 is 10.1 Å². The van der Waals surface area contributed by atoms with Crippen molar-refractivity contribution in [2.45, 2.75) is 25.0 Å². The van der Waals surface area contributed by atoms with E-state index in [9.17, 15) is 8.42 Å². The SMILES string of the molecule is CS(=O)(=O)OC1CC(O)C1. The van der Waals surface area contributed by atoms with Crippen LogP contribution in [0.15, 0.2) is 0 Å². The first kappa shape index (κ1) is 7.97. The number of hydrogen-bond donors (Lipinski definition) is 1. The zero-order chi connectivity index (χ0) is 7.78. The summed E-state index contributed by atoms with van der Waals surface area (Å²) in [5.74, 6) is 0. The van der Waals surface area contributed by atoms with Crippen LogP contribution in [0.1, 0.15) is 12.8 Å². The molecule has 0 bridgehead atoms. The summed E-state index contributed by atoms with van der Waals surface area (Å²) in [5.41, 5.74) is 0. The second-order valence-corrected chi connectivity index (χ2v) is 4.15. The van der Waals surface area contributed by atoms with E-state index in [4.69, 9.17) is 5.11 Å². The monoisotopic (exact) mass is 166 g/mol. The molecule has 4 nitrogen and oxygen atoms in total. The van der Waals surface area contributed by atoms with Crippen molar-refractivity contribution in [3.05, 3.63) is 0 Å². The van der Waals surface area contributed by atoms with Crippen LogP contribution in [-0.4, -0.2) is 32.0 Å². The molecule has 1 aliphatic carbocycles. The fourth-order valence-electron chi connectivity index (χ4n) is 0.864. The molecule has 0 amide bonds. The Hall–Kier alpha value is -0.130. The van der Waals surface area contributed by atoms with Gasteiger partial charge >= 0.3 is 0 Å². The van der Waals surface area contributed by atoms with Crippen molar-refractivity contribution in [2.75, 3.05) is 6.26 Å². The van der Waals surface area contributed by atoms with E-state index in [2.05, 4.69) is 4.18 Å². The predicted molar refractivity (Wildman–Crippen MR) is 35.0 cm³/mol. The Morgan fingerprint density at radius 2 is 2.00 bits per heavy atom. The Labute approximate surface area is 59.9 Å². The maximum atomic E-state index is 10.4. The molecule has 1 saturated carbocycles. The summed E-state index contributed by atoms with van der Waals surface area (Å²) in [6.45, 7) is 0. The minimum absolute atomic E-state index is 0.287. The molecule has 1 fully saturated rings. The van der Waals surface area contributed by atoms with E-state index in [0.29, 0.717) is 12.8 Å². The first-order chi connectivity index (χ1) is 4.47. The molecule has 1 N–H and O–H groups in total. The number of aliphatic hydroxyl groups excluding tert-OH is 1. The minimum Gasteiger partial charge on any atom is -0.393 e. The van der Waals surface area contributed by atoms with Gasteiger partial charge in [-0.2, -0.15) is 8.42 Å². The molecule has 0 saturated heterocycles. The normalized spacial score (nSPS) is 33.4. The van der Waals surface area contributed by atoms with Gasteiger partial charge in [-0.05, 0) is 0 Å². The van der Waals surface area contributed by atoms with Crippen molar-refractivity contribution >= 4 is 10.1 Å². The molecule has 10 heavy (non-hydrogen) atoms. The molecular weight excluding hydrogens is 156 g/mol. The molecule has 0 heterocycles. The second-order valence-electron chi connectivity index (χ2n) is 2.55. The van der Waals surface area contributed by atoms with Gasteiger partial charge in [0.25, 0.3) is 10.1 Å². The molecule has 0 aromatic heterocycles. The molecule has 5 heteroatoms. The van der Waals surface area contributed by atoms with Gasteiger partial charge in [-0.25, -0.2) is 0 Å². The van der Waals surface area contributed by atoms with Gasteiger partial charge in [0.2, 0.25) is 0 Å². The highest BCUT2D eigenvalue weighted by Crippen LogP contribution is 2.23. The Kier molecular flexibility index (Phi) is 1.98. The Balaban J connectivity index is 2.30. The Morgan fingerprint density at radius 3 is 2.30 bits per heavy atom. The van der Waals surface area contributed by atoms with Gasteiger partial charge in [-0.3, -0.25) is 4.18 Å². The summed E-state index contributed by atoms with van der Waals surface area (Å²) in [6, 6.07) is 0. The van der Waals surface area contributed by atoms with Crippen LogP contribution in [0, 0.1) is 0 Å². The van der Waals surface area contributed by atoms with Crippen LogP contribution in [0.25, 0.3) is 0 Å². The maximum Gasteiger partial charge on any atom is 0.264 e. The molecule has 0 aliphatic heterocycles. The van der Waals surface area contributed by atoms with Gasteiger partial charge in [-0.15, -0.1) is 0 Å². The molecule has 0 aromatic rings. The lowest BCUT2D eigenvalue weighted by atomic mass is 9.93. The second kappa shape index (κ2) is 2.48. The molecule has 0 unspecified atom stereocenters. The molecule has 1 rings (SSSR count). The fourth-order valence-corrected chi connectivity index (χ4v) is 1.52. The van der Waals surface area contributed by atoms with Crippen LogP contribution in [0.4, 0.5) is 0 Å². The van der Waals surface area contributed by atoms with E-state index in [0.717, 1.165) is 6.26 Å². The lowest BCUT2D eigenvalue weighted by Gasteiger charge is -2.29. The summed E-state index contributed by atoms with van der Waals surface area (Å²) >= 11 is 0. The summed E-state index contributed by atoms with van der Waals surface area (Å²) in [6.07, 6.45) is 1.23. The van der Waals surface area contributed by atoms with Gasteiger partial charge in [0.05, 0.1) is 18.5 Å². The number of aliphatic hydroxyl groups is 1. The van der Waals surface area contributed by atoms with Gasteiger partial charge < -0.3 is 5.11 Å². The first-order valence-corrected chi connectivity index (χ1v) is 4.85. The average molecular weight is 166 g/mol. The standard InChI is InChI=1S/C5H10O4S/c1-10(7,8)9-5-2-4(6)3-5/h4-6H,2-3H2,1H3. The Bertz CT molecular complexity index is 202. The lowest BCUT2D eigenvalue weighted by molar-refractivity contribution is -0.00681. The summed E-state index contributed by atoms with van der Waals surface area (Å²) in [7, 11) is -3.32. The van der Waals surface area contributed by atoms with Crippen LogP contribution in [0.5, 0.6) is 0 Å². The van der Waals surface area contributed by atoms with Crippen molar-refractivity contribution in [2.24, 2.45) is 0 Å². The molecule has 0 radical (unpaired) electrons. The largest absolute Gasteiger partial charge is 0.393 e. The van der Waals surface area contributed by atoms with Gasteiger partial charge in [0, 0.05) is 12.8 Å². The number of rotatable bonds is 2. The predicted octanol–water partition coefficient (Wildman–Crippen LogP) is -0.514. The molecule has 0 atom stereocenters. The summed E-state index contributed by atoms with van der Waals surface area (Å²) in [4.78, 5) is 0. The third-order valence-corrected chi connectivity index (χ3v) is 2.00. The smallest absolute Gasteiger partial charge is 0.264 e. The molecule has 1 aliphatic rings. The molecular formula is C5H10O4S. The molecule has 0 aromatic carbocycles. The zero-order valence-corrected chi connectivity index (χ0v) is 6.47. The highest BCUT2D eigenvalue weighted by molar-refractivity contribution is 7.86. The summed E-state index contributed by atoms with van der Waals surface area (Å²) < 4.78 is 25.4. The Morgan fingerprint density at radius 1 is 1.50 bits per heavy atom. The lowest BCUT2D eigenvalue weighted by Crippen LogP contribution is -2.36. The van der Waals surface area contributed by atoms with Gasteiger partial charge in [0.1, 0.15) is 0 Å². The quantitative estimate of drug-likeness (QED) is 0.561. The van der Waals surface area contributed by atoms with Gasteiger partial charge in [0.15, 0.2) is 0 Å². The molecule has 0 spiro atoms. The highest BCUT2D eigenvalue weighted by atomic mass is 32.2. The van der Waals surface area contributed by atoms with E-state index in [1.54, 1.807) is 0 Å². The van der Waals surface area contributed by atoms with Gasteiger partial charge in [-0.1, -0.05) is 0 Å². The van der Waals surface area contributed by atoms with Crippen molar-refractivity contribution in [3.63, 3.8) is 0 Å². The van der Waals surface area contributed by atoms with Crippen molar-refractivity contribution in [1.29, 1.82) is 0 Å². The van der Waals surface area contributed by atoms with Crippen molar-refractivity contribution in [3.8, 4) is 0 Å². The van der Waals surface area contributed by atoms with Crippen LogP contribution in [0.3, 0.4) is 0 Å². The maximum absolute atomic E-state index is 10.4. The molecule has 60 valence electrons. The van der Waals surface area contributed by atoms with Crippen LogP contribution < -0.4 is 0 Å². The highest BCUT2D eigenvalue weighted by Gasteiger charge is 2.30. The van der Waals surface area contributed by atoms with Crippen molar-refractivity contribution in [1.82, 2.24) is 0 Å². The summed E-state index contributed by atoms with van der Waals surface area (Å²) in [5, 5.41) is 8.74. The zero-order valence-electron chi connectivity index (χ0n) is 5.65. The average Bonchev–Trinajstić information content (AvgIpc) is 1.57. The van der Waals surface area contributed by atoms with Crippen LogP contribution >= 0.6 is 0 Å². The fraction of sp³-hybridized carbons (Fsp3) is 1.00. The van der Waals surface area contributed by atoms with Crippen molar-refractivity contribution < 1.29 is 17.7 Å².